The molecule has 0 aromatic heterocycles. The molecule has 40 heavy (non-hydrogen) atoms. The van der Waals surface area contributed by atoms with Gasteiger partial charge in [-0.2, -0.15) is 0 Å². The monoisotopic (exact) mass is 570 g/mol. The van der Waals surface area contributed by atoms with Gasteiger partial charge in [-0.25, -0.2) is 8.42 Å². The summed E-state index contributed by atoms with van der Waals surface area (Å²) in [5.41, 5.74) is 0.113. The quantitative estimate of drug-likeness (QED) is 0.371. The Labute approximate surface area is 231 Å². The zero-order valence-electron chi connectivity index (χ0n) is 22.3. The number of rotatable bonds is 8. The van der Waals surface area contributed by atoms with Crippen molar-refractivity contribution in [2.75, 3.05) is 19.3 Å². The van der Waals surface area contributed by atoms with E-state index in [1.807, 2.05) is 13.8 Å². The van der Waals surface area contributed by atoms with Crippen molar-refractivity contribution in [1.82, 2.24) is 15.1 Å². The van der Waals surface area contributed by atoms with Crippen molar-refractivity contribution < 1.29 is 32.5 Å². The fourth-order valence-electron chi connectivity index (χ4n) is 5.23. The van der Waals surface area contributed by atoms with Crippen LogP contribution in [-0.2, 0) is 19.4 Å². The lowest BCUT2D eigenvalue weighted by atomic mass is 10.0. The Kier molecular flexibility index (Phi) is 8.05. The number of benzene rings is 2. The van der Waals surface area contributed by atoms with Crippen molar-refractivity contribution in [3.63, 3.8) is 0 Å². The Hall–Kier alpha value is -4.13. The number of hydrogen-bond acceptors (Lipinski definition) is 8. The van der Waals surface area contributed by atoms with Crippen molar-refractivity contribution >= 4 is 39.0 Å². The molecule has 2 aromatic rings. The van der Waals surface area contributed by atoms with Crippen molar-refractivity contribution in [2.45, 2.75) is 49.7 Å². The van der Waals surface area contributed by atoms with Gasteiger partial charge in [-0.1, -0.05) is 19.9 Å². The van der Waals surface area contributed by atoms with E-state index in [-0.39, 0.29) is 46.5 Å². The average Bonchev–Trinajstić information content (AvgIpc) is 3.48. The van der Waals surface area contributed by atoms with E-state index in [2.05, 4.69) is 5.32 Å². The Morgan fingerprint density at radius 3 is 2.35 bits per heavy atom. The van der Waals surface area contributed by atoms with Crippen LogP contribution in [0.1, 0.15) is 47.4 Å². The first-order valence-corrected chi connectivity index (χ1v) is 14.7. The van der Waals surface area contributed by atoms with Gasteiger partial charge in [0.05, 0.1) is 22.4 Å². The number of amides is 3. The summed E-state index contributed by atoms with van der Waals surface area (Å²) in [6.45, 7) is 3.76. The van der Waals surface area contributed by atoms with Gasteiger partial charge in [0, 0.05) is 36.1 Å². The molecule has 0 aliphatic carbocycles. The van der Waals surface area contributed by atoms with Crippen molar-refractivity contribution in [3.05, 3.63) is 69.8 Å². The number of nitrogens with one attached hydrogen (secondary N) is 1. The maximum Gasteiger partial charge on any atom is 0.269 e. The number of nitro benzene ring substituents is 1. The molecule has 4 rings (SSSR count). The number of fused-ring (bicyclic) bond motifs is 1. The second-order valence-corrected chi connectivity index (χ2v) is 12.5. The molecule has 2 aliphatic heterocycles. The fraction of sp³-hybridized carbons (Fsp3) is 0.407. The topological polar surface area (TPSA) is 164 Å². The van der Waals surface area contributed by atoms with E-state index >= 15 is 0 Å². The molecule has 12 nitrogen and oxygen atoms in total. The van der Waals surface area contributed by atoms with E-state index in [0.717, 1.165) is 6.26 Å². The third-order valence-corrected chi connectivity index (χ3v) is 8.24. The average molecular weight is 571 g/mol. The van der Waals surface area contributed by atoms with Crippen LogP contribution in [0.25, 0.3) is 0 Å². The van der Waals surface area contributed by atoms with Crippen molar-refractivity contribution in [1.29, 1.82) is 0 Å². The van der Waals surface area contributed by atoms with E-state index in [9.17, 15) is 37.7 Å². The fourth-order valence-corrected chi connectivity index (χ4v) is 5.90. The number of likely N-dealkylation sites (tertiary alicyclic amines) is 2. The predicted molar refractivity (Wildman–Crippen MR) is 143 cm³/mol. The van der Waals surface area contributed by atoms with Crippen LogP contribution < -0.4 is 5.32 Å². The molecule has 0 spiro atoms. The van der Waals surface area contributed by atoms with E-state index in [0.29, 0.717) is 12.8 Å². The van der Waals surface area contributed by atoms with E-state index in [1.165, 1.54) is 58.3 Å². The van der Waals surface area contributed by atoms with Crippen LogP contribution >= 0.6 is 0 Å². The van der Waals surface area contributed by atoms with Crippen molar-refractivity contribution in [2.24, 2.45) is 5.92 Å². The van der Waals surface area contributed by atoms with Crippen molar-refractivity contribution in [3.8, 4) is 0 Å². The minimum absolute atomic E-state index is 0.0102. The number of hydrogen-bond donors (Lipinski definition) is 1. The van der Waals surface area contributed by atoms with Crippen LogP contribution in [0.2, 0.25) is 0 Å². The highest BCUT2D eigenvalue weighted by Crippen LogP contribution is 2.32. The van der Waals surface area contributed by atoms with E-state index < -0.39 is 50.6 Å². The minimum Gasteiger partial charge on any atom is -0.340 e. The second kappa shape index (κ2) is 11.2. The molecule has 2 aromatic carbocycles. The number of ketones is 1. The van der Waals surface area contributed by atoms with Gasteiger partial charge in [-0.05, 0) is 49.1 Å². The first-order chi connectivity index (χ1) is 18.8. The largest absolute Gasteiger partial charge is 0.340 e. The maximum absolute atomic E-state index is 13.7. The molecule has 2 fully saturated rings. The maximum atomic E-state index is 13.7. The lowest BCUT2D eigenvalue weighted by Crippen LogP contribution is -2.53. The summed E-state index contributed by atoms with van der Waals surface area (Å²) < 4.78 is 23.9. The summed E-state index contributed by atoms with van der Waals surface area (Å²) in [5.74, 6) is -1.81. The molecule has 0 unspecified atom stereocenters. The lowest BCUT2D eigenvalue weighted by Gasteiger charge is -2.29. The van der Waals surface area contributed by atoms with Gasteiger partial charge in [0.15, 0.2) is 15.6 Å². The highest BCUT2D eigenvalue weighted by Gasteiger charge is 2.52. The molecule has 0 saturated carbocycles. The molecule has 0 radical (unpaired) electrons. The zero-order chi connectivity index (χ0) is 29.4. The summed E-state index contributed by atoms with van der Waals surface area (Å²) in [4.78, 5) is 66.1. The molecule has 3 amide bonds. The molecule has 2 aliphatic rings. The van der Waals surface area contributed by atoms with Gasteiger partial charge in [0.25, 0.3) is 17.5 Å². The van der Waals surface area contributed by atoms with Crippen LogP contribution in [0.4, 0.5) is 5.69 Å². The highest BCUT2D eigenvalue weighted by molar-refractivity contribution is 7.90. The van der Waals surface area contributed by atoms with Crippen LogP contribution in [-0.4, -0.2) is 84.1 Å². The summed E-state index contributed by atoms with van der Waals surface area (Å²) in [6, 6.07) is 8.23. The minimum atomic E-state index is -3.54. The zero-order valence-corrected chi connectivity index (χ0v) is 23.1. The van der Waals surface area contributed by atoms with Crippen LogP contribution in [0.5, 0.6) is 0 Å². The normalized spacial score (nSPS) is 19.4. The molecular weight excluding hydrogens is 540 g/mol. The standard InChI is InChI=1S/C27H30N4O8S/c1-16(2)13-21(28-25(33)17-7-9-19(10-8-17)31(36)37)27(35)29-12-11-22-24(29)23(32)15-30(22)26(34)18-5-4-6-20(14-18)40(3,38)39/h4-10,14,16,21-22,24H,11-13,15H2,1-3H3,(H,28,33)/t21-,22+,24-/m0/s1. The van der Waals surface area contributed by atoms with Crippen LogP contribution in [0, 0.1) is 16.0 Å². The molecule has 2 saturated heterocycles. The smallest absolute Gasteiger partial charge is 0.269 e. The first-order valence-electron chi connectivity index (χ1n) is 12.8. The summed E-state index contributed by atoms with van der Waals surface area (Å²) >= 11 is 0. The Balaban J connectivity index is 1.52. The highest BCUT2D eigenvalue weighted by atomic mass is 32.2. The molecule has 2 heterocycles. The van der Waals surface area contributed by atoms with Crippen LogP contribution in [0.15, 0.2) is 53.4 Å². The summed E-state index contributed by atoms with van der Waals surface area (Å²) in [6.07, 6.45) is 1.69. The molecule has 212 valence electrons. The summed E-state index contributed by atoms with van der Waals surface area (Å²) in [5, 5.41) is 13.6. The number of Topliss-reactive ketones (excluding diaryl/α,β-unsaturated/α-hetero) is 1. The number of sulfone groups is 1. The SMILES string of the molecule is CC(C)C[C@H](NC(=O)c1ccc([N+](=O)[O-])cc1)C(=O)N1CC[C@@H]2[C@H]1C(=O)CN2C(=O)c1cccc(S(C)(=O)=O)c1. The molecule has 1 N–H and O–H groups in total. The Morgan fingerprint density at radius 2 is 1.75 bits per heavy atom. The number of nitro groups is 1. The van der Waals surface area contributed by atoms with E-state index in [1.54, 1.807) is 0 Å². The molecular formula is C27H30N4O8S. The third-order valence-electron chi connectivity index (χ3n) is 7.13. The van der Waals surface area contributed by atoms with Gasteiger partial charge in [-0.15, -0.1) is 0 Å². The van der Waals surface area contributed by atoms with Crippen LogP contribution in [0.3, 0.4) is 0 Å². The van der Waals surface area contributed by atoms with E-state index in [4.69, 9.17) is 0 Å². The lowest BCUT2D eigenvalue weighted by molar-refractivity contribution is -0.384. The van der Waals surface area contributed by atoms with Gasteiger partial charge >= 0.3 is 0 Å². The number of non-ortho nitro benzene ring substituents is 1. The Morgan fingerprint density at radius 1 is 1.07 bits per heavy atom. The summed E-state index contributed by atoms with van der Waals surface area (Å²) in [7, 11) is -3.54. The first kappa shape index (κ1) is 28.9. The van der Waals surface area contributed by atoms with Gasteiger partial charge in [0.1, 0.15) is 12.1 Å². The van der Waals surface area contributed by atoms with Gasteiger partial charge < -0.3 is 15.1 Å². The second-order valence-electron chi connectivity index (χ2n) is 10.5. The predicted octanol–water partition coefficient (Wildman–Crippen LogP) is 1.84. The molecule has 13 heteroatoms. The number of carbonyl (C=O) groups is 4. The molecule has 3 atom stereocenters. The van der Waals surface area contributed by atoms with Gasteiger partial charge in [0.2, 0.25) is 5.91 Å². The third kappa shape index (κ3) is 5.88. The number of carbonyl (C=O) groups excluding carboxylic acids is 4. The Bertz CT molecular complexity index is 1470. The van der Waals surface area contributed by atoms with Gasteiger partial charge in [-0.3, -0.25) is 29.3 Å². The number of nitrogens with zero attached hydrogens (tertiary/aromatic N) is 3. The molecule has 0 bridgehead atoms.